The number of nitrogens with one attached hydrogen (secondary N) is 1. The van der Waals surface area contributed by atoms with Gasteiger partial charge < -0.3 is 15.0 Å². The van der Waals surface area contributed by atoms with Crippen LogP contribution in [0.2, 0.25) is 0 Å². The van der Waals surface area contributed by atoms with Crippen LogP contribution in [0.4, 0.5) is 5.69 Å². The number of anilines is 1. The van der Waals surface area contributed by atoms with Gasteiger partial charge in [-0.15, -0.1) is 11.8 Å². The number of carbonyl (C=O) groups is 1. The lowest BCUT2D eigenvalue weighted by Gasteiger charge is -2.29. The number of carbonyl (C=O) groups excluding carboxylic acids is 1. The van der Waals surface area contributed by atoms with E-state index in [0.717, 1.165) is 5.69 Å². The molecule has 1 atom stereocenters. The second-order valence-corrected chi connectivity index (χ2v) is 5.42. The first-order valence-electron chi connectivity index (χ1n) is 6.48. The maximum Gasteiger partial charge on any atom is 0.244 e. The standard InChI is InChI=1S/C14H20N2O2S/c1-11(14(17)16-6-8-18-9-7-16)15-12-4-3-5-13(10-12)19-2/h3-5,10-11,15H,6-9H2,1-2H3. The van der Waals surface area contributed by atoms with E-state index >= 15 is 0 Å². The van der Waals surface area contributed by atoms with Crippen molar-refractivity contribution in [1.29, 1.82) is 0 Å². The molecule has 1 aromatic carbocycles. The van der Waals surface area contributed by atoms with Crippen LogP contribution in [0.15, 0.2) is 29.2 Å². The topological polar surface area (TPSA) is 41.6 Å². The minimum Gasteiger partial charge on any atom is -0.378 e. The summed E-state index contributed by atoms with van der Waals surface area (Å²) in [5.41, 5.74) is 0.987. The summed E-state index contributed by atoms with van der Waals surface area (Å²) in [5, 5.41) is 3.27. The van der Waals surface area contributed by atoms with Crippen molar-refractivity contribution in [2.75, 3.05) is 37.9 Å². The predicted molar refractivity (Wildman–Crippen MR) is 78.7 cm³/mol. The maximum atomic E-state index is 12.3. The first-order valence-corrected chi connectivity index (χ1v) is 7.70. The van der Waals surface area contributed by atoms with Crippen molar-refractivity contribution in [2.24, 2.45) is 0 Å². The number of amides is 1. The Morgan fingerprint density at radius 3 is 2.84 bits per heavy atom. The van der Waals surface area contributed by atoms with E-state index < -0.39 is 0 Å². The second-order valence-electron chi connectivity index (χ2n) is 4.54. The molecule has 1 aliphatic heterocycles. The van der Waals surface area contributed by atoms with Gasteiger partial charge in [0.15, 0.2) is 0 Å². The highest BCUT2D eigenvalue weighted by Crippen LogP contribution is 2.19. The fourth-order valence-electron chi connectivity index (χ4n) is 2.08. The Labute approximate surface area is 118 Å². The summed E-state index contributed by atoms with van der Waals surface area (Å²) in [7, 11) is 0. The molecule has 0 aromatic heterocycles. The molecule has 1 saturated heterocycles. The third kappa shape index (κ3) is 3.88. The molecule has 0 saturated carbocycles. The number of thioether (sulfide) groups is 1. The first kappa shape index (κ1) is 14.2. The zero-order valence-electron chi connectivity index (χ0n) is 11.4. The Bertz CT molecular complexity index is 433. The molecule has 104 valence electrons. The average molecular weight is 280 g/mol. The Morgan fingerprint density at radius 2 is 2.16 bits per heavy atom. The van der Waals surface area contributed by atoms with Gasteiger partial charge in [0.2, 0.25) is 5.91 Å². The SMILES string of the molecule is CSc1cccc(NC(C)C(=O)N2CCOCC2)c1. The summed E-state index contributed by atoms with van der Waals surface area (Å²) < 4.78 is 5.26. The minimum atomic E-state index is -0.213. The normalized spacial score (nSPS) is 17.1. The molecule has 1 heterocycles. The van der Waals surface area contributed by atoms with E-state index in [1.54, 1.807) is 11.8 Å². The van der Waals surface area contributed by atoms with Crippen molar-refractivity contribution < 1.29 is 9.53 Å². The molecule has 4 nitrogen and oxygen atoms in total. The zero-order valence-corrected chi connectivity index (χ0v) is 12.2. The van der Waals surface area contributed by atoms with Crippen LogP contribution in [0.1, 0.15) is 6.92 Å². The molecular weight excluding hydrogens is 260 g/mol. The molecule has 5 heteroatoms. The average Bonchev–Trinajstić information content (AvgIpc) is 2.47. The molecular formula is C14H20N2O2S. The maximum absolute atomic E-state index is 12.3. The summed E-state index contributed by atoms with van der Waals surface area (Å²) in [6.07, 6.45) is 2.04. The molecule has 0 bridgehead atoms. The van der Waals surface area contributed by atoms with E-state index in [1.165, 1.54) is 4.90 Å². The van der Waals surface area contributed by atoms with Gasteiger partial charge in [-0.25, -0.2) is 0 Å². The molecule has 19 heavy (non-hydrogen) atoms. The van der Waals surface area contributed by atoms with Crippen LogP contribution in [-0.2, 0) is 9.53 Å². The van der Waals surface area contributed by atoms with Crippen LogP contribution in [0, 0.1) is 0 Å². The molecule has 0 spiro atoms. The number of benzene rings is 1. The molecule has 1 unspecified atom stereocenters. The molecule has 1 aromatic rings. The van der Waals surface area contributed by atoms with E-state index in [0.29, 0.717) is 26.3 Å². The van der Waals surface area contributed by atoms with E-state index in [9.17, 15) is 4.79 Å². The van der Waals surface area contributed by atoms with Crippen LogP contribution < -0.4 is 5.32 Å². The first-order chi connectivity index (χ1) is 9.20. The van der Waals surface area contributed by atoms with Crippen LogP contribution >= 0.6 is 11.8 Å². The molecule has 1 N–H and O–H groups in total. The Kier molecular flexibility index (Phi) is 5.10. The summed E-state index contributed by atoms with van der Waals surface area (Å²) in [4.78, 5) is 15.3. The van der Waals surface area contributed by atoms with Gasteiger partial charge in [-0.3, -0.25) is 4.79 Å². The quantitative estimate of drug-likeness (QED) is 0.857. The lowest BCUT2D eigenvalue weighted by Crippen LogP contribution is -2.46. The van der Waals surface area contributed by atoms with E-state index in [2.05, 4.69) is 17.4 Å². The fourth-order valence-corrected chi connectivity index (χ4v) is 2.54. The number of rotatable bonds is 4. The molecule has 1 fully saturated rings. The lowest BCUT2D eigenvalue weighted by molar-refractivity contribution is -0.135. The van der Waals surface area contributed by atoms with Gasteiger partial charge in [0, 0.05) is 23.7 Å². The van der Waals surface area contributed by atoms with E-state index in [-0.39, 0.29) is 11.9 Å². The fraction of sp³-hybridized carbons (Fsp3) is 0.500. The largest absolute Gasteiger partial charge is 0.378 e. The van der Waals surface area contributed by atoms with Gasteiger partial charge in [-0.2, -0.15) is 0 Å². The van der Waals surface area contributed by atoms with Gasteiger partial charge >= 0.3 is 0 Å². The van der Waals surface area contributed by atoms with Crippen LogP contribution in [0.3, 0.4) is 0 Å². The van der Waals surface area contributed by atoms with Crippen LogP contribution in [-0.4, -0.2) is 49.4 Å². The van der Waals surface area contributed by atoms with Crippen LogP contribution in [0.25, 0.3) is 0 Å². The van der Waals surface area contributed by atoms with Gasteiger partial charge in [0.1, 0.15) is 6.04 Å². The number of hydrogen-bond donors (Lipinski definition) is 1. The zero-order chi connectivity index (χ0) is 13.7. The molecule has 2 rings (SSSR count). The lowest BCUT2D eigenvalue weighted by atomic mass is 10.2. The molecule has 1 aliphatic rings. The van der Waals surface area contributed by atoms with E-state index in [1.807, 2.05) is 30.2 Å². The summed E-state index contributed by atoms with van der Waals surface area (Å²) >= 11 is 1.69. The number of nitrogens with zero attached hydrogens (tertiary/aromatic N) is 1. The number of ether oxygens (including phenoxy) is 1. The Hall–Kier alpha value is -1.20. The molecule has 1 amide bonds. The van der Waals surface area contributed by atoms with Gasteiger partial charge in [0.25, 0.3) is 0 Å². The van der Waals surface area contributed by atoms with E-state index in [4.69, 9.17) is 4.74 Å². The minimum absolute atomic E-state index is 0.137. The Morgan fingerprint density at radius 1 is 1.42 bits per heavy atom. The summed E-state index contributed by atoms with van der Waals surface area (Å²) in [6.45, 7) is 4.57. The highest BCUT2D eigenvalue weighted by atomic mass is 32.2. The third-order valence-corrected chi connectivity index (χ3v) is 3.87. The second kappa shape index (κ2) is 6.82. The highest BCUT2D eigenvalue weighted by Gasteiger charge is 2.22. The van der Waals surface area contributed by atoms with Crippen molar-refractivity contribution in [3.8, 4) is 0 Å². The van der Waals surface area contributed by atoms with Crippen molar-refractivity contribution >= 4 is 23.4 Å². The number of hydrogen-bond acceptors (Lipinski definition) is 4. The van der Waals surface area contributed by atoms with Crippen molar-refractivity contribution in [3.05, 3.63) is 24.3 Å². The Balaban J connectivity index is 1.95. The summed E-state index contributed by atoms with van der Waals surface area (Å²) in [6, 6.07) is 7.90. The van der Waals surface area contributed by atoms with Gasteiger partial charge in [0.05, 0.1) is 13.2 Å². The number of morpholine rings is 1. The predicted octanol–water partition coefficient (Wildman–Crippen LogP) is 2.07. The molecule has 0 radical (unpaired) electrons. The van der Waals surface area contributed by atoms with Crippen LogP contribution in [0.5, 0.6) is 0 Å². The van der Waals surface area contributed by atoms with Gasteiger partial charge in [-0.1, -0.05) is 6.07 Å². The third-order valence-electron chi connectivity index (χ3n) is 3.15. The van der Waals surface area contributed by atoms with Crippen molar-refractivity contribution in [3.63, 3.8) is 0 Å². The highest BCUT2D eigenvalue weighted by molar-refractivity contribution is 7.98. The smallest absolute Gasteiger partial charge is 0.244 e. The van der Waals surface area contributed by atoms with Crippen molar-refractivity contribution in [1.82, 2.24) is 4.90 Å². The van der Waals surface area contributed by atoms with Crippen molar-refractivity contribution in [2.45, 2.75) is 17.9 Å². The van der Waals surface area contributed by atoms with Gasteiger partial charge in [-0.05, 0) is 31.4 Å². The molecule has 0 aliphatic carbocycles. The monoisotopic (exact) mass is 280 g/mol. The summed E-state index contributed by atoms with van der Waals surface area (Å²) in [5.74, 6) is 0.137.